The van der Waals surface area contributed by atoms with Gasteiger partial charge in [-0.2, -0.15) is 0 Å². The van der Waals surface area contributed by atoms with Gasteiger partial charge in [0.1, 0.15) is 0 Å². The molecule has 2 atom stereocenters. The first-order chi connectivity index (χ1) is 7.22. The first-order valence-corrected chi connectivity index (χ1v) is 6.61. The molecule has 2 unspecified atom stereocenters. The number of hydrogen-bond donors (Lipinski definition) is 2. The number of nitrogens with one attached hydrogen (secondary N) is 1. The average Bonchev–Trinajstić information content (AvgIpc) is 2.64. The lowest BCUT2D eigenvalue weighted by atomic mass is 10.1. The van der Waals surface area contributed by atoms with E-state index in [0.717, 1.165) is 17.3 Å². The SMILES string of the molecule is CCC(OC)C(Cc1sccc1Br)NN. The van der Waals surface area contributed by atoms with Crippen LogP contribution in [0.1, 0.15) is 18.2 Å². The van der Waals surface area contributed by atoms with E-state index < -0.39 is 0 Å². The summed E-state index contributed by atoms with van der Waals surface area (Å²) >= 11 is 5.25. The molecule has 0 amide bonds. The van der Waals surface area contributed by atoms with E-state index in [1.165, 1.54) is 4.88 Å². The highest BCUT2D eigenvalue weighted by Gasteiger charge is 2.20. The second-order valence-corrected chi connectivity index (χ2v) is 5.21. The Morgan fingerprint density at radius 3 is 2.80 bits per heavy atom. The Hall–Kier alpha value is 0.0600. The van der Waals surface area contributed by atoms with E-state index in [-0.39, 0.29) is 12.1 Å². The summed E-state index contributed by atoms with van der Waals surface area (Å²) in [6.07, 6.45) is 2.00. The van der Waals surface area contributed by atoms with Crippen LogP contribution < -0.4 is 11.3 Å². The first-order valence-electron chi connectivity index (χ1n) is 4.93. The monoisotopic (exact) mass is 292 g/mol. The third-order valence-electron chi connectivity index (χ3n) is 2.46. The maximum atomic E-state index is 5.55. The van der Waals surface area contributed by atoms with Crippen molar-refractivity contribution in [2.24, 2.45) is 5.84 Å². The highest BCUT2D eigenvalue weighted by Crippen LogP contribution is 2.25. The predicted octanol–water partition coefficient (Wildman–Crippen LogP) is 2.31. The quantitative estimate of drug-likeness (QED) is 0.625. The van der Waals surface area contributed by atoms with Gasteiger partial charge in [-0.15, -0.1) is 11.3 Å². The van der Waals surface area contributed by atoms with Crippen molar-refractivity contribution in [1.29, 1.82) is 0 Å². The third kappa shape index (κ3) is 3.53. The minimum atomic E-state index is 0.156. The maximum Gasteiger partial charge on any atom is 0.0738 e. The largest absolute Gasteiger partial charge is 0.380 e. The van der Waals surface area contributed by atoms with Gasteiger partial charge in [0, 0.05) is 22.9 Å². The van der Waals surface area contributed by atoms with E-state index in [2.05, 4.69) is 39.7 Å². The summed E-state index contributed by atoms with van der Waals surface area (Å²) in [5.74, 6) is 5.55. The average molecular weight is 293 g/mol. The smallest absolute Gasteiger partial charge is 0.0738 e. The zero-order chi connectivity index (χ0) is 11.3. The molecule has 0 aliphatic heterocycles. The molecule has 1 aromatic heterocycles. The summed E-state index contributed by atoms with van der Waals surface area (Å²) in [6, 6.07) is 2.22. The van der Waals surface area contributed by atoms with Crippen molar-refractivity contribution in [3.8, 4) is 0 Å². The number of nitrogens with two attached hydrogens (primary N) is 1. The van der Waals surface area contributed by atoms with Crippen LogP contribution in [-0.2, 0) is 11.2 Å². The number of halogens is 1. The molecule has 0 spiro atoms. The Kier molecular flexibility index (Phi) is 5.78. The molecule has 0 saturated carbocycles. The van der Waals surface area contributed by atoms with Crippen LogP contribution in [0.3, 0.4) is 0 Å². The molecule has 0 aliphatic carbocycles. The van der Waals surface area contributed by atoms with Gasteiger partial charge in [-0.05, 0) is 33.8 Å². The maximum absolute atomic E-state index is 5.55. The highest BCUT2D eigenvalue weighted by atomic mass is 79.9. The minimum absolute atomic E-state index is 0.156. The summed E-state index contributed by atoms with van der Waals surface area (Å²) in [4.78, 5) is 1.30. The first kappa shape index (κ1) is 13.1. The number of ether oxygens (including phenoxy) is 1. The molecule has 3 N–H and O–H groups in total. The molecule has 0 radical (unpaired) electrons. The van der Waals surface area contributed by atoms with Crippen molar-refractivity contribution in [1.82, 2.24) is 5.43 Å². The zero-order valence-electron chi connectivity index (χ0n) is 9.00. The third-order valence-corrected chi connectivity index (χ3v) is 4.41. The van der Waals surface area contributed by atoms with Crippen LogP contribution in [0, 0.1) is 0 Å². The van der Waals surface area contributed by atoms with Crippen LogP contribution in [0.15, 0.2) is 15.9 Å². The van der Waals surface area contributed by atoms with Crippen LogP contribution in [0.25, 0.3) is 0 Å². The Bertz CT molecular complexity index is 289. The van der Waals surface area contributed by atoms with Gasteiger partial charge >= 0.3 is 0 Å². The molecule has 86 valence electrons. The summed E-state index contributed by atoms with van der Waals surface area (Å²) in [5, 5.41) is 2.07. The van der Waals surface area contributed by atoms with E-state index in [1.807, 2.05) is 0 Å². The van der Waals surface area contributed by atoms with Gasteiger partial charge in [-0.3, -0.25) is 11.3 Å². The molecule has 0 bridgehead atoms. The lowest BCUT2D eigenvalue weighted by Crippen LogP contribution is -2.46. The minimum Gasteiger partial charge on any atom is -0.380 e. The Morgan fingerprint density at radius 1 is 1.67 bits per heavy atom. The molecule has 1 aromatic rings. The molecule has 1 rings (SSSR count). The van der Waals surface area contributed by atoms with Crippen LogP contribution in [0.4, 0.5) is 0 Å². The Labute approximate surface area is 103 Å². The topological polar surface area (TPSA) is 47.3 Å². The molecule has 0 saturated heterocycles. The summed E-state index contributed by atoms with van der Waals surface area (Å²) in [7, 11) is 1.72. The molecule has 5 heteroatoms. The lowest BCUT2D eigenvalue weighted by molar-refractivity contribution is 0.0656. The Balaban J connectivity index is 2.64. The van der Waals surface area contributed by atoms with E-state index in [1.54, 1.807) is 18.4 Å². The zero-order valence-corrected chi connectivity index (χ0v) is 11.4. The fourth-order valence-electron chi connectivity index (χ4n) is 1.58. The number of hydrogen-bond acceptors (Lipinski definition) is 4. The summed E-state index contributed by atoms with van der Waals surface area (Å²) in [5.41, 5.74) is 2.83. The number of hydrazine groups is 1. The fourth-order valence-corrected chi connectivity index (χ4v) is 3.16. The van der Waals surface area contributed by atoms with Gasteiger partial charge in [-0.1, -0.05) is 6.92 Å². The second kappa shape index (κ2) is 6.60. The predicted molar refractivity (Wildman–Crippen MR) is 67.9 cm³/mol. The molecule has 1 heterocycles. The van der Waals surface area contributed by atoms with Gasteiger partial charge in [-0.25, -0.2) is 0 Å². The van der Waals surface area contributed by atoms with Crippen LogP contribution in [-0.4, -0.2) is 19.3 Å². The van der Waals surface area contributed by atoms with Gasteiger partial charge in [0.25, 0.3) is 0 Å². The molecule has 15 heavy (non-hydrogen) atoms. The van der Waals surface area contributed by atoms with E-state index >= 15 is 0 Å². The summed E-state index contributed by atoms with van der Waals surface area (Å²) in [6.45, 7) is 2.10. The van der Waals surface area contributed by atoms with Gasteiger partial charge in [0.05, 0.1) is 12.1 Å². The van der Waals surface area contributed by atoms with Crippen molar-refractivity contribution >= 4 is 27.3 Å². The van der Waals surface area contributed by atoms with E-state index in [0.29, 0.717) is 0 Å². The molecule has 0 fully saturated rings. The van der Waals surface area contributed by atoms with Crippen molar-refractivity contribution < 1.29 is 4.74 Å². The fraction of sp³-hybridized carbons (Fsp3) is 0.600. The van der Waals surface area contributed by atoms with E-state index in [9.17, 15) is 0 Å². The Morgan fingerprint density at radius 2 is 2.40 bits per heavy atom. The molecule has 0 aromatic carbocycles. The van der Waals surface area contributed by atoms with Crippen molar-refractivity contribution in [2.45, 2.75) is 31.9 Å². The molecular formula is C10H17BrN2OS. The standard InChI is InChI=1S/C10H17BrN2OS/c1-3-9(14-2)8(13-12)6-10-7(11)4-5-15-10/h4-5,8-9,13H,3,6,12H2,1-2H3. The van der Waals surface area contributed by atoms with Crippen LogP contribution in [0.2, 0.25) is 0 Å². The van der Waals surface area contributed by atoms with Gasteiger partial charge in [0.2, 0.25) is 0 Å². The van der Waals surface area contributed by atoms with Gasteiger partial charge in [0.15, 0.2) is 0 Å². The van der Waals surface area contributed by atoms with Crippen molar-refractivity contribution in [3.63, 3.8) is 0 Å². The normalized spacial score (nSPS) is 15.2. The number of thiophene rings is 1. The van der Waals surface area contributed by atoms with E-state index in [4.69, 9.17) is 10.6 Å². The molecular weight excluding hydrogens is 276 g/mol. The number of rotatable bonds is 6. The van der Waals surface area contributed by atoms with Crippen LogP contribution in [0.5, 0.6) is 0 Å². The second-order valence-electron chi connectivity index (χ2n) is 3.35. The molecule has 0 aliphatic rings. The lowest BCUT2D eigenvalue weighted by Gasteiger charge is -2.23. The highest BCUT2D eigenvalue weighted by molar-refractivity contribution is 9.10. The molecule has 3 nitrogen and oxygen atoms in total. The van der Waals surface area contributed by atoms with Crippen molar-refractivity contribution in [2.75, 3.05) is 7.11 Å². The van der Waals surface area contributed by atoms with Crippen LogP contribution >= 0.6 is 27.3 Å². The number of methoxy groups -OCH3 is 1. The van der Waals surface area contributed by atoms with Crippen molar-refractivity contribution in [3.05, 3.63) is 20.8 Å². The summed E-state index contributed by atoms with van der Waals surface area (Å²) < 4.78 is 6.54. The van der Waals surface area contributed by atoms with Gasteiger partial charge < -0.3 is 4.74 Å².